The number of halogens is 1. The number of piperidine rings is 1. The molecule has 3 rings (SSSR count). The molecule has 4 nitrogen and oxygen atoms in total. The van der Waals surface area contributed by atoms with E-state index in [4.69, 9.17) is 11.6 Å². The molecule has 2 unspecified atom stereocenters. The Hall–Kier alpha value is -1.29. The second-order valence-electron chi connectivity index (χ2n) is 5.13. The molecule has 0 spiro atoms. The number of amides is 1. The SMILES string of the molecule is O=C(CCl)N1CC2CC(C1)c1cccc(=O)n1C2. The second kappa shape index (κ2) is 4.43. The Labute approximate surface area is 110 Å². The first-order valence-electron chi connectivity index (χ1n) is 6.22. The maximum absolute atomic E-state index is 11.8. The third kappa shape index (κ3) is 1.85. The van der Waals surface area contributed by atoms with Crippen molar-refractivity contribution >= 4 is 17.5 Å². The summed E-state index contributed by atoms with van der Waals surface area (Å²) in [4.78, 5) is 25.4. The molecule has 0 N–H and O–H groups in total. The van der Waals surface area contributed by atoms with Crippen LogP contribution < -0.4 is 5.56 Å². The van der Waals surface area contributed by atoms with Gasteiger partial charge in [0.05, 0.1) is 0 Å². The lowest BCUT2D eigenvalue weighted by molar-refractivity contribution is -0.131. The minimum atomic E-state index is -0.00176. The van der Waals surface area contributed by atoms with Crippen molar-refractivity contribution < 1.29 is 4.79 Å². The number of aromatic nitrogens is 1. The number of hydrogen-bond acceptors (Lipinski definition) is 2. The normalized spacial score (nSPS) is 25.7. The van der Waals surface area contributed by atoms with Gasteiger partial charge >= 0.3 is 0 Å². The van der Waals surface area contributed by atoms with Crippen molar-refractivity contribution in [3.63, 3.8) is 0 Å². The lowest BCUT2D eigenvalue weighted by Crippen LogP contribution is -2.49. The van der Waals surface area contributed by atoms with Gasteiger partial charge in [-0.05, 0) is 18.4 Å². The molecule has 3 heterocycles. The zero-order valence-corrected chi connectivity index (χ0v) is 10.8. The van der Waals surface area contributed by atoms with Gasteiger partial charge in [-0.15, -0.1) is 11.6 Å². The first-order valence-corrected chi connectivity index (χ1v) is 6.76. The van der Waals surface area contributed by atoms with Gasteiger partial charge in [0.2, 0.25) is 5.91 Å². The molecule has 96 valence electrons. The van der Waals surface area contributed by atoms with E-state index in [1.165, 1.54) is 0 Å². The van der Waals surface area contributed by atoms with Crippen LogP contribution in [-0.4, -0.2) is 34.3 Å². The minimum Gasteiger partial charge on any atom is -0.341 e. The van der Waals surface area contributed by atoms with Crippen LogP contribution in [0.2, 0.25) is 0 Å². The lowest BCUT2D eigenvalue weighted by Gasteiger charge is -2.42. The summed E-state index contributed by atoms with van der Waals surface area (Å²) in [5.74, 6) is 0.696. The van der Waals surface area contributed by atoms with Gasteiger partial charge in [0, 0.05) is 37.3 Å². The summed E-state index contributed by atoms with van der Waals surface area (Å²) >= 11 is 5.62. The molecule has 1 fully saturated rings. The number of pyridine rings is 1. The predicted octanol–water partition coefficient (Wildman–Crippen LogP) is 1.03. The Balaban J connectivity index is 1.95. The van der Waals surface area contributed by atoms with Crippen LogP contribution >= 0.6 is 11.6 Å². The molecule has 1 saturated heterocycles. The van der Waals surface area contributed by atoms with Gasteiger partial charge < -0.3 is 9.47 Å². The summed E-state index contributed by atoms with van der Waals surface area (Å²) < 4.78 is 1.86. The van der Waals surface area contributed by atoms with E-state index in [-0.39, 0.29) is 23.3 Å². The number of hydrogen-bond donors (Lipinski definition) is 0. The van der Waals surface area contributed by atoms with E-state index in [1.54, 1.807) is 12.1 Å². The Kier molecular flexibility index (Phi) is 2.90. The van der Waals surface area contributed by atoms with Crippen molar-refractivity contribution in [2.75, 3.05) is 19.0 Å². The van der Waals surface area contributed by atoms with Crippen molar-refractivity contribution in [3.05, 3.63) is 34.2 Å². The van der Waals surface area contributed by atoms with Gasteiger partial charge in [0.1, 0.15) is 5.88 Å². The van der Waals surface area contributed by atoms with Crippen LogP contribution in [0, 0.1) is 5.92 Å². The number of alkyl halides is 1. The third-order valence-electron chi connectivity index (χ3n) is 3.95. The van der Waals surface area contributed by atoms with E-state index in [0.29, 0.717) is 12.5 Å². The lowest BCUT2D eigenvalue weighted by atomic mass is 9.83. The van der Waals surface area contributed by atoms with Crippen LogP contribution in [-0.2, 0) is 11.3 Å². The monoisotopic (exact) mass is 266 g/mol. The molecule has 1 amide bonds. The fourth-order valence-electron chi connectivity index (χ4n) is 3.18. The van der Waals surface area contributed by atoms with Crippen LogP contribution in [0.5, 0.6) is 0 Å². The first-order chi connectivity index (χ1) is 8.69. The highest BCUT2D eigenvalue weighted by molar-refractivity contribution is 6.27. The average Bonchev–Trinajstić information content (AvgIpc) is 2.39. The van der Waals surface area contributed by atoms with E-state index in [9.17, 15) is 9.59 Å². The molecule has 0 radical (unpaired) electrons. The fourth-order valence-corrected chi connectivity index (χ4v) is 3.35. The van der Waals surface area contributed by atoms with Gasteiger partial charge in [-0.1, -0.05) is 6.07 Å². The molecular formula is C13H15ClN2O2. The summed E-state index contributed by atoms with van der Waals surface area (Å²) in [5.41, 5.74) is 1.13. The topological polar surface area (TPSA) is 42.3 Å². The predicted molar refractivity (Wildman–Crippen MR) is 68.9 cm³/mol. The van der Waals surface area contributed by atoms with Crippen molar-refractivity contribution in [2.45, 2.75) is 18.9 Å². The minimum absolute atomic E-state index is 0.00176. The zero-order chi connectivity index (χ0) is 12.7. The van der Waals surface area contributed by atoms with E-state index in [2.05, 4.69) is 0 Å². The number of nitrogens with zero attached hydrogens (tertiary/aromatic N) is 2. The molecular weight excluding hydrogens is 252 g/mol. The standard InChI is InChI=1S/C13H15ClN2O2/c14-5-13(18)15-6-9-4-10(8-15)11-2-1-3-12(17)16(11)7-9/h1-3,9-10H,4-8H2. The van der Waals surface area contributed by atoms with Gasteiger partial charge in [-0.2, -0.15) is 0 Å². The molecule has 18 heavy (non-hydrogen) atoms. The molecule has 2 bridgehead atoms. The van der Waals surface area contributed by atoms with Gasteiger partial charge in [-0.25, -0.2) is 0 Å². The first kappa shape index (κ1) is 11.8. The highest BCUT2D eigenvalue weighted by Crippen LogP contribution is 2.34. The Morgan fingerprint density at radius 1 is 1.33 bits per heavy atom. The van der Waals surface area contributed by atoms with Gasteiger partial charge in [-0.3, -0.25) is 9.59 Å². The van der Waals surface area contributed by atoms with E-state index < -0.39 is 0 Å². The number of rotatable bonds is 1. The van der Waals surface area contributed by atoms with Gasteiger partial charge in [0.15, 0.2) is 0 Å². The largest absolute Gasteiger partial charge is 0.341 e. The summed E-state index contributed by atoms with van der Waals surface area (Å²) in [6.07, 6.45) is 1.06. The van der Waals surface area contributed by atoms with Crippen LogP contribution in [0.25, 0.3) is 0 Å². The molecule has 0 aromatic carbocycles. The van der Waals surface area contributed by atoms with Crippen LogP contribution in [0.15, 0.2) is 23.0 Å². The Morgan fingerprint density at radius 3 is 2.94 bits per heavy atom. The van der Waals surface area contributed by atoms with Crippen molar-refractivity contribution in [2.24, 2.45) is 5.92 Å². The van der Waals surface area contributed by atoms with Crippen molar-refractivity contribution in [1.82, 2.24) is 9.47 Å². The van der Waals surface area contributed by atoms with E-state index >= 15 is 0 Å². The maximum Gasteiger partial charge on any atom is 0.250 e. The molecule has 1 aromatic heterocycles. The van der Waals surface area contributed by atoms with Crippen LogP contribution in [0.1, 0.15) is 18.0 Å². The van der Waals surface area contributed by atoms with E-state index in [1.807, 2.05) is 15.5 Å². The quantitative estimate of drug-likeness (QED) is 0.713. The van der Waals surface area contributed by atoms with Crippen LogP contribution in [0.4, 0.5) is 0 Å². The van der Waals surface area contributed by atoms with Gasteiger partial charge in [0.25, 0.3) is 5.56 Å². The molecule has 0 aliphatic carbocycles. The maximum atomic E-state index is 11.8. The second-order valence-corrected chi connectivity index (χ2v) is 5.40. The van der Waals surface area contributed by atoms with E-state index in [0.717, 1.165) is 25.2 Å². The highest BCUT2D eigenvalue weighted by atomic mass is 35.5. The zero-order valence-electron chi connectivity index (χ0n) is 10.0. The molecule has 5 heteroatoms. The summed E-state index contributed by atoms with van der Waals surface area (Å²) in [6.45, 7) is 2.13. The van der Waals surface area contributed by atoms with Crippen molar-refractivity contribution in [1.29, 1.82) is 0 Å². The summed E-state index contributed by atoms with van der Waals surface area (Å²) in [6, 6.07) is 5.40. The molecule has 2 aliphatic heterocycles. The molecule has 2 atom stereocenters. The third-order valence-corrected chi connectivity index (χ3v) is 4.18. The smallest absolute Gasteiger partial charge is 0.250 e. The Bertz CT molecular complexity index is 540. The Morgan fingerprint density at radius 2 is 2.17 bits per heavy atom. The number of fused-ring (bicyclic) bond motifs is 4. The number of carbonyl (C=O) groups is 1. The molecule has 1 aromatic rings. The summed E-state index contributed by atoms with van der Waals surface area (Å²) in [5, 5.41) is 0. The molecule has 2 aliphatic rings. The highest BCUT2D eigenvalue weighted by Gasteiger charge is 2.35. The fraction of sp³-hybridized carbons (Fsp3) is 0.538. The molecule has 0 saturated carbocycles. The number of likely N-dealkylation sites (tertiary alicyclic amines) is 1. The van der Waals surface area contributed by atoms with Crippen molar-refractivity contribution in [3.8, 4) is 0 Å². The average molecular weight is 267 g/mol. The number of carbonyl (C=O) groups excluding carboxylic acids is 1. The summed E-state index contributed by atoms with van der Waals surface area (Å²) in [7, 11) is 0. The van der Waals surface area contributed by atoms with Crippen LogP contribution in [0.3, 0.4) is 0 Å².